The third-order valence-electron chi connectivity index (χ3n) is 1.99. The summed E-state index contributed by atoms with van der Waals surface area (Å²) in [5.41, 5.74) is 0. The van der Waals surface area contributed by atoms with Crippen LogP contribution in [0, 0.1) is 0 Å². The summed E-state index contributed by atoms with van der Waals surface area (Å²) >= 11 is 82.6. The fourth-order valence-electron chi connectivity index (χ4n) is 1.35. The van der Waals surface area contributed by atoms with Gasteiger partial charge < -0.3 is 0 Å². The Labute approximate surface area is 215 Å². The third kappa shape index (κ3) is 6.66. The Balaban J connectivity index is 3.55. The molecule has 156 valence electrons. The van der Waals surface area contributed by atoms with Crippen molar-refractivity contribution in [3.8, 4) is 0 Å². The predicted molar refractivity (Wildman–Crippen MR) is 133 cm³/mol. The number of hydrogen-bond acceptors (Lipinski definition) is 2. The first-order chi connectivity index (χ1) is 11.1. The molecule has 0 N–H and O–H groups in total. The monoisotopic (exact) mass is 721 g/mol. The SMILES string of the molecule is Cl/C(=N/N=P(Cl)(Cl)Cl)N1P(Cl)(Cl)(Cl)N(/C(Cl)=N\N=P(Cl)(Cl)Cl)P1(Cl)(Cl)Cl. The first-order valence-electron chi connectivity index (χ1n) is 4.90. The van der Waals surface area contributed by atoms with Gasteiger partial charge in [-0.25, -0.2) is 0 Å². The van der Waals surface area contributed by atoms with Crippen molar-refractivity contribution in [2.75, 3.05) is 0 Å². The molecule has 0 aromatic carbocycles. The molecule has 0 bridgehead atoms. The van der Waals surface area contributed by atoms with E-state index in [-0.39, 0.29) is 0 Å². The molecule has 6 nitrogen and oxygen atoms in total. The second kappa shape index (κ2) is 8.59. The molecule has 0 amide bonds. The number of halogens is 14. The van der Waals surface area contributed by atoms with Gasteiger partial charge in [0.15, 0.2) is 0 Å². The van der Waals surface area contributed by atoms with Crippen molar-refractivity contribution >= 4 is 189 Å². The minimum atomic E-state index is -4.86. The molecular weight excluding hydrogens is 728 g/mol. The van der Waals surface area contributed by atoms with E-state index in [2.05, 4.69) is 19.9 Å². The van der Waals surface area contributed by atoms with Crippen LogP contribution in [-0.4, -0.2) is 19.5 Å². The van der Waals surface area contributed by atoms with Crippen LogP contribution in [-0.2, 0) is 0 Å². The van der Waals surface area contributed by atoms with Gasteiger partial charge in [0.2, 0.25) is 0 Å². The summed E-state index contributed by atoms with van der Waals surface area (Å²) in [6, 6.07) is 0. The standard InChI is InChI=1S/C2Cl14N6P4/c3-1(17-19-23(5,6)7)21-25(11,12,13)22(26(21,14,15)16)2(4)18-20-24(8,9)10/b17-1-,18-2-. The zero-order valence-corrected chi connectivity index (χ0v) is 24.9. The van der Waals surface area contributed by atoms with E-state index in [1.54, 1.807) is 0 Å². The Morgan fingerprint density at radius 2 is 0.808 bits per heavy atom. The molecule has 1 aliphatic rings. The van der Waals surface area contributed by atoms with Crippen molar-refractivity contribution in [3.63, 3.8) is 0 Å². The normalized spacial score (nSPS) is 28.1. The summed E-state index contributed by atoms with van der Waals surface area (Å²) in [6.45, 7) is 0. The quantitative estimate of drug-likeness (QED) is 0.0935. The van der Waals surface area contributed by atoms with E-state index < -0.39 is 30.7 Å². The maximum atomic E-state index is 6.25. The zero-order valence-electron chi connectivity index (χ0n) is 10.8. The van der Waals surface area contributed by atoms with Crippen LogP contribution in [0.15, 0.2) is 19.9 Å². The topological polar surface area (TPSA) is 55.9 Å². The predicted octanol–water partition coefficient (Wildman–Crippen LogP) is 12.6. The molecule has 0 radical (unpaired) electrons. The van der Waals surface area contributed by atoms with E-state index in [1.807, 2.05) is 0 Å². The van der Waals surface area contributed by atoms with Crippen LogP contribution in [0.4, 0.5) is 0 Å². The Kier molecular flexibility index (Phi) is 9.37. The minimum absolute atomic E-state index is 0.611. The van der Waals surface area contributed by atoms with Crippen LogP contribution in [0.2, 0.25) is 0 Å². The second-order valence-corrected chi connectivity index (χ2v) is 38.2. The van der Waals surface area contributed by atoms with E-state index in [0.717, 1.165) is 0 Å². The molecule has 0 saturated carbocycles. The third-order valence-corrected chi connectivity index (χ3v) is 21.3. The molecule has 1 aliphatic heterocycles. The van der Waals surface area contributed by atoms with Crippen LogP contribution in [0.3, 0.4) is 0 Å². The van der Waals surface area contributed by atoms with Gasteiger partial charge in [0.05, 0.1) is 0 Å². The molecule has 0 aliphatic carbocycles. The second-order valence-electron chi connectivity index (χ2n) is 3.80. The first kappa shape index (κ1) is 28.4. The van der Waals surface area contributed by atoms with Crippen molar-refractivity contribution in [2.24, 2.45) is 19.9 Å². The van der Waals surface area contributed by atoms with Crippen molar-refractivity contribution in [1.29, 1.82) is 0 Å². The van der Waals surface area contributed by atoms with E-state index >= 15 is 0 Å². The Morgan fingerprint density at radius 3 is 1.00 bits per heavy atom. The number of nitrogens with zero attached hydrogens (tertiary/aromatic N) is 6. The van der Waals surface area contributed by atoms with E-state index in [0.29, 0.717) is 8.88 Å². The van der Waals surface area contributed by atoms with Crippen LogP contribution >= 0.6 is 178 Å². The fraction of sp³-hybridized carbons (Fsp3) is 0. The number of hydrogen-bond donors (Lipinski definition) is 0. The van der Waals surface area contributed by atoms with Gasteiger partial charge in [0.1, 0.15) is 0 Å². The average Bonchev–Trinajstić information content (AvgIpc) is 2.28. The molecule has 1 rings (SSSR count). The van der Waals surface area contributed by atoms with Crippen LogP contribution < -0.4 is 0 Å². The Morgan fingerprint density at radius 1 is 0.577 bits per heavy atom. The molecule has 1 heterocycles. The summed E-state index contributed by atoms with van der Waals surface area (Å²) < 4.78 is 1.22. The summed E-state index contributed by atoms with van der Waals surface area (Å²) in [5.74, 6) is 0. The van der Waals surface area contributed by atoms with Gasteiger partial charge in [-0.15, -0.1) is 0 Å². The Bertz CT molecular complexity index is 674. The van der Waals surface area contributed by atoms with Crippen molar-refractivity contribution < 1.29 is 0 Å². The zero-order chi connectivity index (χ0) is 21.0. The Hall–Kier alpha value is 4.32. The molecule has 0 unspecified atom stereocenters. The fourth-order valence-corrected chi connectivity index (χ4v) is 33.6. The van der Waals surface area contributed by atoms with Gasteiger partial charge in [-0.05, 0) is 0 Å². The van der Waals surface area contributed by atoms with E-state index in [9.17, 15) is 0 Å². The summed E-state index contributed by atoms with van der Waals surface area (Å²) in [7, 11) is 0. The molecule has 0 aromatic heterocycles. The molecule has 0 spiro atoms. The maximum absolute atomic E-state index is 6.25. The van der Waals surface area contributed by atoms with Crippen LogP contribution in [0.1, 0.15) is 0 Å². The van der Waals surface area contributed by atoms with E-state index in [4.69, 9.17) is 158 Å². The first-order valence-corrected chi connectivity index (χ1v) is 24.3. The van der Waals surface area contributed by atoms with Gasteiger partial charge in [0, 0.05) is 0 Å². The average molecular weight is 728 g/mol. The van der Waals surface area contributed by atoms with Crippen molar-refractivity contribution in [1.82, 2.24) is 8.88 Å². The number of amidine groups is 2. The number of rotatable bonds is 2. The molecule has 24 heteroatoms. The van der Waals surface area contributed by atoms with Crippen LogP contribution in [0.25, 0.3) is 0 Å². The van der Waals surface area contributed by atoms with Gasteiger partial charge >= 0.3 is 218 Å². The summed E-state index contributed by atoms with van der Waals surface area (Å²) in [4.78, 5) is -3.01. The van der Waals surface area contributed by atoms with Crippen molar-refractivity contribution in [3.05, 3.63) is 0 Å². The van der Waals surface area contributed by atoms with Gasteiger partial charge in [0.25, 0.3) is 0 Å². The summed E-state index contributed by atoms with van der Waals surface area (Å²) in [6.07, 6.45) is 0. The van der Waals surface area contributed by atoms with Gasteiger partial charge in [-0.3, -0.25) is 0 Å². The molecular formula is C2Cl14N6P4. The van der Waals surface area contributed by atoms with Crippen molar-refractivity contribution in [2.45, 2.75) is 0 Å². The molecule has 26 heavy (non-hydrogen) atoms. The van der Waals surface area contributed by atoms with Crippen LogP contribution in [0.5, 0.6) is 0 Å². The molecule has 0 aromatic rings. The molecule has 1 saturated heterocycles. The van der Waals surface area contributed by atoms with Gasteiger partial charge in [-0.1, -0.05) is 0 Å². The summed E-state index contributed by atoms with van der Waals surface area (Å²) in [5, 5.41) is -1.06. The van der Waals surface area contributed by atoms with Gasteiger partial charge in [-0.2, -0.15) is 0 Å². The van der Waals surface area contributed by atoms with E-state index in [1.165, 1.54) is 0 Å². The molecule has 1 fully saturated rings. The molecule has 0 atom stereocenters.